The van der Waals surface area contributed by atoms with Gasteiger partial charge in [0.1, 0.15) is 11.3 Å². The van der Waals surface area contributed by atoms with Crippen molar-refractivity contribution in [1.82, 2.24) is 4.90 Å². The summed E-state index contributed by atoms with van der Waals surface area (Å²) in [5.74, 6) is 0.449. The molecule has 2 heterocycles. The Bertz CT molecular complexity index is 712. The maximum atomic E-state index is 13.1. The first-order chi connectivity index (χ1) is 10.7. The number of carbonyl (C=O) groups is 1. The molecule has 0 radical (unpaired) electrons. The Morgan fingerprint density at radius 1 is 1.18 bits per heavy atom. The number of nitrogens with zero attached hydrogens (tertiary/aromatic N) is 1. The second-order valence-electron chi connectivity index (χ2n) is 6.36. The Morgan fingerprint density at radius 2 is 1.95 bits per heavy atom. The molecule has 0 atom stereocenters. The molecule has 2 aromatic rings. The number of fused-ring (bicyclic) bond motifs is 1. The molecule has 2 fully saturated rings. The third kappa shape index (κ3) is 1.97. The van der Waals surface area contributed by atoms with Crippen LogP contribution in [0.25, 0.3) is 11.0 Å². The zero-order valence-electron chi connectivity index (χ0n) is 12.9. The first-order valence-electron chi connectivity index (χ1n) is 8.15. The standard InChI is InChI=1S/C18H21NO3/c1-13-14-7-3-4-8-15(14)22-16(13)17(20)19-11-12-21-18(19)9-5-2-6-10-18/h3-4,7-8H,2,5-6,9-12H2,1H3. The normalized spacial score (nSPS) is 20.9. The average Bonchev–Trinajstić information content (AvgIpc) is 3.10. The van der Waals surface area contributed by atoms with Gasteiger partial charge >= 0.3 is 0 Å². The quantitative estimate of drug-likeness (QED) is 0.802. The monoisotopic (exact) mass is 299 g/mol. The lowest BCUT2D eigenvalue weighted by Gasteiger charge is -2.39. The molecule has 1 aromatic heterocycles. The van der Waals surface area contributed by atoms with Gasteiger partial charge in [-0.3, -0.25) is 4.79 Å². The van der Waals surface area contributed by atoms with Gasteiger partial charge < -0.3 is 14.1 Å². The van der Waals surface area contributed by atoms with Crippen LogP contribution in [-0.2, 0) is 4.74 Å². The predicted molar refractivity (Wildman–Crippen MR) is 83.8 cm³/mol. The van der Waals surface area contributed by atoms with Gasteiger partial charge in [0.15, 0.2) is 5.76 Å². The second kappa shape index (κ2) is 5.13. The maximum Gasteiger partial charge on any atom is 0.292 e. The van der Waals surface area contributed by atoms with Crippen molar-refractivity contribution in [2.45, 2.75) is 44.8 Å². The van der Waals surface area contributed by atoms with E-state index in [4.69, 9.17) is 9.15 Å². The molecule has 1 aliphatic heterocycles. The highest BCUT2D eigenvalue weighted by molar-refractivity contribution is 5.99. The molecule has 1 amide bonds. The molecule has 1 spiro atoms. The zero-order chi connectivity index (χ0) is 15.2. The zero-order valence-corrected chi connectivity index (χ0v) is 12.9. The Morgan fingerprint density at radius 3 is 2.73 bits per heavy atom. The van der Waals surface area contributed by atoms with Crippen molar-refractivity contribution in [2.75, 3.05) is 13.2 Å². The summed E-state index contributed by atoms with van der Waals surface area (Å²) in [7, 11) is 0. The lowest BCUT2D eigenvalue weighted by atomic mass is 9.90. The molecule has 0 unspecified atom stereocenters. The summed E-state index contributed by atoms with van der Waals surface area (Å²) in [6, 6.07) is 7.82. The predicted octanol–water partition coefficient (Wildman–Crippen LogP) is 3.87. The fourth-order valence-electron chi connectivity index (χ4n) is 3.91. The van der Waals surface area contributed by atoms with Crippen LogP contribution >= 0.6 is 0 Å². The molecule has 1 saturated carbocycles. The van der Waals surface area contributed by atoms with Crippen molar-refractivity contribution in [3.63, 3.8) is 0 Å². The van der Waals surface area contributed by atoms with Gasteiger partial charge in [0, 0.05) is 17.5 Å². The summed E-state index contributed by atoms with van der Waals surface area (Å²) < 4.78 is 11.9. The number of furan rings is 1. The van der Waals surface area contributed by atoms with E-state index in [9.17, 15) is 4.79 Å². The SMILES string of the molecule is Cc1c(C(=O)N2CCOC23CCCCC3)oc2ccccc12. The van der Waals surface area contributed by atoms with Gasteiger partial charge in [-0.25, -0.2) is 0 Å². The second-order valence-corrected chi connectivity index (χ2v) is 6.36. The van der Waals surface area contributed by atoms with Crippen molar-refractivity contribution < 1.29 is 13.9 Å². The van der Waals surface area contributed by atoms with Crippen LogP contribution in [0.2, 0.25) is 0 Å². The molecule has 4 heteroatoms. The number of aryl methyl sites for hydroxylation is 1. The molecular weight excluding hydrogens is 278 g/mol. The topological polar surface area (TPSA) is 42.7 Å². The van der Waals surface area contributed by atoms with E-state index in [1.54, 1.807) is 0 Å². The molecule has 22 heavy (non-hydrogen) atoms. The lowest BCUT2D eigenvalue weighted by molar-refractivity contribution is -0.0925. The summed E-state index contributed by atoms with van der Waals surface area (Å²) in [5, 5.41) is 1.02. The number of hydrogen-bond donors (Lipinski definition) is 0. The number of amides is 1. The van der Waals surface area contributed by atoms with E-state index in [-0.39, 0.29) is 11.6 Å². The fraction of sp³-hybridized carbons (Fsp3) is 0.500. The van der Waals surface area contributed by atoms with Crippen molar-refractivity contribution in [2.24, 2.45) is 0 Å². The molecule has 4 rings (SSSR count). The summed E-state index contributed by atoms with van der Waals surface area (Å²) in [4.78, 5) is 15.0. The van der Waals surface area contributed by atoms with E-state index in [2.05, 4.69) is 0 Å². The van der Waals surface area contributed by atoms with Crippen molar-refractivity contribution in [3.8, 4) is 0 Å². The third-order valence-electron chi connectivity index (χ3n) is 5.10. The van der Waals surface area contributed by atoms with Crippen molar-refractivity contribution >= 4 is 16.9 Å². The fourth-order valence-corrected chi connectivity index (χ4v) is 3.91. The molecular formula is C18H21NO3. The summed E-state index contributed by atoms with van der Waals surface area (Å²) >= 11 is 0. The van der Waals surface area contributed by atoms with E-state index in [0.29, 0.717) is 18.9 Å². The minimum atomic E-state index is -0.388. The van der Waals surface area contributed by atoms with Gasteiger partial charge in [-0.15, -0.1) is 0 Å². The average molecular weight is 299 g/mol. The molecule has 4 nitrogen and oxygen atoms in total. The van der Waals surface area contributed by atoms with Crippen LogP contribution in [0, 0.1) is 6.92 Å². The molecule has 0 N–H and O–H groups in total. The minimum Gasteiger partial charge on any atom is -0.451 e. The van der Waals surface area contributed by atoms with Gasteiger partial charge in [-0.1, -0.05) is 24.6 Å². The van der Waals surface area contributed by atoms with Crippen LogP contribution in [0.5, 0.6) is 0 Å². The van der Waals surface area contributed by atoms with E-state index in [1.165, 1.54) is 6.42 Å². The van der Waals surface area contributed by atoms with Gasteiger partial charge in [-0.05, 0) is 38.7 Å². The minimum absolute atomic E-state index is 0.0203. The van der Waals surface area contributed by atoms with E-state index < -0.39 is 0 Å². The van der Waals surface area contributed by atoms with E-state index in [1.807, 2.05) is 36.1 Å². The third-order valence-corrected chi connectivity index (χ3v) is 5.10. The smallest absolute Gasteiger partial charge is 0.292 e. The number of para-hydroxylation sites is 1. The van der Waals surface area contributed by atoms with Gasteiger partial charge in [0.25, 0.3) is 5.91 Å². The first-order valence-corrected chi connectivity index (χ1v) is 8.15. The van der Waals surface area contributed by atoms with Crippen LogP contribution in [0.1, 0.15) is 48.2 Å². The van der Waals surface area contributed by atoms with Crippen LogP contribution < -0.4 is 0 Å². The van der Waals surface area contributed by atoms with Gasteiger partial charge in [-0.2, -0.15) is 0 Å². The number of benzene rings is 1. The molecule has 2 aliphatic rings. The van der Waals surface area contributed by atoms with Crippen molar-refractivity contribution in [1.29, 1.82) is 0 Å². The highest BCUT2D eigenvalue weighted by Gasteiger charge is 2.46. The summed E-state index contributed by atoms with van der Waals surface area (Å²) in [6.45, 7) is 3.25. The van der Waals surface area contributed by atoms with Gasteiger partial charge in [0.05, 0.1) is 6.61 Å². The van der Waals surface area contributed by atoms with Gasteiger partial charge in [0.2, 0.25) is 0 Å². The summed E-state index contributed by atoms with van der Waals surface area (Å²) in [6.07, 6.45) is 5.37. The Balaban J connectivity index is 1.72. The van der Waals surface area contributed by atoms with E-state index >= 15 is 0 Å². The van der Waals surface area contributed by atoms with Crippen LogP contribution in [0.3, 0.4) is 0 Å². The van der Waals surface area contributed by atoms with Crippen LogP contribution in [-0.4, -0.2) is 29.7 Å². The van der Waals surface area contributed by atoms with Crippen molar-refractivity contribution in [3.05, 3.63) is 35.6 Å². The highest BCUT2D eigenvalue weighted by atomic mass is 16.5. The highest BCUT2D eigenvalue weighted by Crippen LogP contribution is 2.39. The largest absolute Gasteiger partial charge is 0.451 e. The molecule has 1 aliphatic carbocycles. The first kappa shape index (κ1) is 13.8. The molecule has 1 saturated heterocycles. The lowest BCUT2D eigenvalue weighted by Crippen LogP contribution is -2.49. The molecule has 116 valence electrons. The van der Waals surface area contributed by atoms with E-state index in [0.717, 1.165) is 42.2 Å². The summed E-state index contributed by atoms with van der Waals surface area (Å²) in [5.41, 5.74) is 1.32. The maximum absolute atomic E-state index is 13.1. The number of rotatable bonds is 1. The number of carbonyl (C=O) groups excluding carboxylic acids is 1. The number of ether oxygens (including phenoxy) is 1. The molecule has 0 bridgehead atoms. The Hall–Kier alpha value is -1.81. The number of hydrogen-bond acceptors (Lipinski definition) is 3. The Kier molecular flexibility index (Phi) is 3.22. The molecule has 1 aromatic carbocycles. The van der Waals surface area contributed by atoms with Crippen LogP contribution in [0.4, 0.5) is 0 Å². The Labute approximate surface area is 130 Å². The van der Waals surface area contributed by atoms with Crippen LogP contribution in [0.15, 0.2) is 28.7 Å².